The molecule has 0 radical (unpaired) electrons. The molecule has 1 heterocycles. The van der Waals surface area contributed by atoms with Crippen LogP contribution in [-0.4, -0.2) is 18.3 Å². The maximum atomic E-state index is 8.69. The smallest absolute Gasteiger partial charge is 0.134 e. The number of furan rings is 1. The molecule has 2 rings (SSSR count). The predicted octanol–water partition coefficient (Wildman–Crippen LogP) is 3.38. The van der Waals surface area contributed by atoms with Gasteiger partial charge in [-0.3, -0.25) is 0 Å². The quantitative estimate of drug-likeness (QED) is 0.797. The molecule has 0 amide bonds. The van der Waals surface area contributed by atoms with E-state index in [0.717, 1.165) is 40.6 Å². The molecule has 0 saturated heterocycles. The average molecular weight is 280 g/mol. The van der Waals surface area contributed by atoms with Crippen LogP contribution in [0.15, 0.2) is 34.7 Å². The maximum absolute atomic E-state index is 8.69. The molecule has 0 atom stereocenters. The summed E-state index contributed by atoms with van der Waals surface area (Å²) in [6, 6.07) is 9.81. The van der Waals surface area contributed by atoms with Crippen molar-refractivity contribution in [3.8, 4) is 11.3 Å². The van der Waals surface area contributed by atoms with Gasteiger partial charge in [0.25, 0.3) is 0 Å². The van der Waals surface area contributed by atoms with Crippen LogP contribution in [0, 0.1) is 6.92 Å². The van der Waals surface area contributed by atoms with Crippen molar-refractivity contribution in [3.63, 3.8) is 0 Å². The van der Waals surface area contributed by atoms with Crippen LogP contribution in [0.5, 0.6) is 0 Å². The van der Waals surface area contributed by atoms with E-state index in [4.69, 9.17) is 21.1 Å². The minimum atomic E-state index is 0.207. The number of rotatable bonds is 6. The van der Waals surface area contributed by atoms with Crippen molar-refractivity contribution in [1.82, 2.24) is 5.32 Å². The Labute approximate surface area is 118 Å². The minimum absolute atomic E-state index is 0.207. The first-order valence-electron chi connectivity index (χ1n) is 6.37. The zero-order chi connectivity index (χ0) is 13.7. The van der Waals surface area contributed by atoms with Crippen molar-refractivity contribution in [3.05, 3.63) is 46.7 Å². The predicted molar refractivity (Wildman–Crippen MR) is 77.3 cm³/mol. The van der Waals surface area contributed by atoms with Gasteiger partial charge in [-0.15, -0.1) is 0 Å². The lowest BCUT2D eigenvalue weighted by Gasteiger charge is -2.02. The van der Waals surface area contributed by atoms with Gasteiger partial charge in [-0.2, -0.15) is 0 Å². The lowest BCUT2D eigenvalue weighted by Crippen LogP contribution is -2.15. The average Bonchev–Trinajstić information content (AvgIpc) is 2.87. The van der Waals surface area contributed by atoms with Crippen molar-refractivity contribution in [2.24, 2.45) is 0 Å². The van der Waals surface area contributed by atoms with Gasteiger partial charge < -0.3 is 14.8 Å². The van der Waals surface area contributed by atoms with E-state index in [1.165, 1.54) is 0 Å². The van der Waals surface area contributed by atoms with Crippen molar-refractivity contribution >= 4 is 11.6 Å². The Bertz CT molecular complexity index is 537. The standard InChI is InChI=1S/C15H18ClNO2/c1-11-3-4-12(9-14(11)16)15-6-5-13(19-15)10-17-7-2-8-18/h3-6,9,17-18H,2,7-8,10H2,1H3. The van der Waals surface area contributed by atoms with E-state index in [1.807, 2.05) is 37.3 Å². The number of halogens is 1. The summed E-state index contributed by atoms with van der Waals surface area (Å²) >= 11 is 6.11. The normalized spacial score (nSPS) is 10.9. The Kier molecular flexibility index (Phi) is 5.02. The van der Waals surface area contributed by atoms with Crippen LogP contribution in [0.1, 0.15) is 17.7 Å². The van der Waals surface area contributed by atoms with E-state index in [9.17, 15) is 0 Å². The molecule has 0 unspecified atom stereocenters. The van der Waals surface area contributed by atoms with Gasteiger partial charge in [0.1, 0.15) is 11.5 Å². The third kappa shape index (κ3) is 3.83. The maximum Gasteiger partial charge on any atom is 0.134 e. The molecular formula is C15H18ClNO2. The van der Waals surface area contributed by atoms with E-state index in [2.05, 4.69) is 5.32 Å². The second-order valence-corrected chi connectivity index (χ2v) is 4.89. The molecule has 0 aliphatic heterocycles. The third-order valence-electron chi connectivity index (χ3n) is 2.93. The number of benzene rings is 1. The molecule has 0 fully saturated rings. The first-order chi connectivity index (χ1) is 9.20. The molecule has 0 saturated carbocycles. The molecule has 0 aliphatic carbocycles. The molecular weight excluding hydrogens is 262 g/mol. The van der Waals surface area contributed by atoms with Gasteiger partial charge in [0.15, 0.2) is 0 Å². The van der Waals surface area contributed by atoms with Crippen molar-refractivity contribution in [1.29, 1.82) is 0 Å². The summed E-state index contributed by atoms with van der Waals surface area (Å²) in [5, 5.41) is 12.6. The highest BCUT2D eigenvalue weighted by Crippen LogP contribution is 2.26. The van der Waals surface area contributed by atoms with E-state index < -0.39 is 0 Å². The Balaban J connectivity index is 2.01. The number of aryl methyl sites for hydroxylation is 1. The largest absolute Gasteiger partial charge is 0.460 e. The molecule has 0 aliphatic rings. The fraction of sp³-hybridized carbons (Fsp3) is 0.333. The summed E-state index contributed by atoms with van der Waals surface area (Å²) < 4.78 is 5.76. The molecule has 0 spiro atoms. The molecule has 3 nitrogen and oxygen atoms in total. The number of aliphatic hydroxyl groups is 1. The molecule has 1 aromatic carbocycles. The summed E-state index contributed by atoms with van der Waals surface area (Å²) in [5.74, 6) is 1.70. The lowest BCUT2D eigenvalue weighted by molar-refractivity contribution is 0.285. The monoisotopic (exact) mass is 279 g/mol. The SMILES string of the molecule is Cc1ccc(-c2ccc(CNCCCO)o2)cc1Cl. The Morgan fingerprint density at radius 3 is 2.84 bits per heavy atom. The highest BCUT2D eigenvalue weighted by atomic mass is 35.5. The van der Waals surface area contributed by atoms with Gasteiger partial charge in [-0.05, 0) is 43.7 Å². The number of aliphatic hydroxyl groups excluding tert-OH is 1. The molecule has 102 valence electrons. The Morgan fingerprint density at radius 2 is 2.11 bits per heavy atom. The highest BCUT2D eigenvalue weighted by Gasteiger charge is 2.06. The van der Waals surface area contributed by atoms with Gasteiger partial charge in [0.05, 0.1) is 6.54 Å². The van der Waals surface area contributed by atoms with Crippen LogP contribution in [0.25, 0.3) is 11.3 Å². The first-order valence-corrected chi connectivity index (χ1v) is 6.75. The topological polar surface area (TPSA) is 45.4 Å². The Morgan fingerprint density at radius 1 is 1.26 bits per heavy atom. The van der Waals surface area contributed by atoms with Crippen LogP contribution in [0.2, 0.25) is 5.02 Å². The fourth-order valence-electron chi connectivity index (χ4n) is 1.79. The second kappa shape index (κ2) is 6.75. The zero-order valence-corrected chi connectivity index (χ0v) is 11.7. The van der Waals surface area contributed by atoms with Crippen LogP contribution in [-0.2, 0) is 6.54 Å². The summed E-state index contributed by atoms with van der Waals surface area (Å²) in [7, 11) is 0. The van der Waals surface area contributed by atoms with E-state index in [0.29, 0.717) is 6.54 Å². The van der Waals surface area contributed by atoms with Crippen LogP contribution in [0.3, 0.4) is 0 Å². The second-order valence-electron chi connectivity index (χ2n) is 4.48. The van der Waals surface area contributed by atoms with Gasteiger partial charge in [0, 0.05) is 17.2 Å². The van der Waals surface area contributed by atoms with Crippen LogP contribution in [0.4, 0.5) is 0 Å². The van der Waals surface area contributed by atoms with E-state index >= 15 is 0 Å². The van der Waals surface area contributed by atoms with Gasteiger partial charge in [0.2, 0.25) is 0 Å². The Hall–Kier alpha value is -1.29. The van der Waals surface area contributed by atoms with Crippen molar-refractivity contribution in [2.45, 2.75) is 19.9 Å². The van der Waals surface area contributed by atoms with E-state index in [1.54, 1.807) is 0 Å². The number of nitrogens with one attached hydrogen (secondary N) is 1. The first kappa shape index (κ1) is 14.1. The summed E-state index contributed by atoms with van der Waals surface area (Å²) in [6.45, 7) is 3.63. The van der Waals surface area contributed by atoms with Gasteiger partial charge in [-0.1, -0.05) is 23.7 Å². The molecule has 1 aromatic heterocycles. The van der Waals surface area contributed by atoms with Crippen LogP contribution >= 0.6 is 11.6 Å². The minimum Gasteiger partial charge on any atom is -0.460 e. The van der Waals surface area contributed by atoms with E-state index in [-0.39, 0.29) is 6.61 Å². The van der Waals surface area contributed by atoms with Crippen molar-refractivity contribution < 1.29 is 9.52 Å². The number of hydrogen-bond donors (Lipinski definition) is 2. The summed E-state index contributed by atoms with van der Waals surface area (Å²) in [6.07, 6.45) is 0.751. The molecule has 4 heteroatoms. The van der Waals surface area contributed by atoms with Crippen molar-refractivity contribution in [2.75, 3.05) is 13.2 Å². The summed E-state index contributed by atoms with van der Waals surface area (Å²) in [5.41, 5.74) is 2.04. The fourth-order valence-corrected chi connectivity index (χ4v) is 1.97. The third-order valence-corrected chi connectivity index (χ3v) is 3.34. The van der Waals surface area contributed by atoms with Crippen LogP contribution < -0.4 is 5.32 Å². The summed E-state index contributed by atoms with van der Waals surface area (Å²) in [4.78, 5) is 0. The molecule has 0 bridgehead atoms. The molecule has 2 N–H and O–H groups in total. The zero-order valence-electron chi connectivity index (χ0n) is 10.9. The van der Waals surface area contributed by atoms with Gasteiger partial charge in [-0.25, -0.2) is 0 Å². The lowest BCUT2D eigenvalue weighted by atomic mass is 10.1. The van der Waals surface area contributed by atoms with Gasteiger partial charge >= 0.3 is 0 Å². The molecule has 2 aromatic rings. The highest BCUT2D eigenvalue weighted by molar-refractivity contribution is 6.31. The number of hydrogen-bond acceptors (Lipinski definition) is 3. The molecule has 19 heavy (non-hydrogen) atoms.